The van der Waals surface area contributed by atoms with Gasteiger partial charge in [-0.05, 0) is 18.6 Å². The van der Waals surface area contributed by atoms with Gasteiger partial charge in [0.25, 0.3) is 0 Å². The summed E-state index contributed by atoms with van der Waals surface area (Å²) in [6, 6.07) is 7.75. The Labute approximate surface area is 88.3 Å². The molecule has 1 aromatic carbocycles. The Morgan fingerprint density at radius 2 is 2.20 bits per heavy atom. The summed E-state index contributed by atoms with van der Waals surface area (Å²) in [5, 5.41) is 1.10. The van der Waals surface area contributed by atoms with Gasteiger partial charge in [-0.3, -0.25) is 4.79 Å². The minimum Gasteiger partial charge on any atom is -0.361 e. The summed E-state index contributed by atoms with van der Waals surface area (Å²) in [4.78, 5) is 14.1. The van der Waals surface area contributed by atoms with E-state index in [-0.39, 0.29) is 11.8 Å². The molecule has 1 heterocycles. The van der Waals surface area contributed by atoms with Crippen molar-refractivity contribution in [2.45, 2.75) is 19.4 Å². The van der Waals surface area contributed by atoms with Crippen molar-refractivity contribution in [2.24, 2.45) is 5.73 Å². The van der Waals surface area contributed by atoms with Crippen molar-refractivity contribution in [3.8, 4) is 0 Å². The maximum Gasteiger partial charge on any atom is 0.131 e. The molecule has 0 aliphatic heterocycles. The molecule has 0 aliphatic rings. The van der Waals surface area contributed by atoms with Crippen LogP contribution in [0.15, 0.2) is 30.5 Å². The summed E-state index contributed by atoms with van der Waals surface area (Å²) < 4.78 is 0. The SMILES string of the molecule is CC(=O)CC(N)c1c[nH]c2ccccc12. The molecule has 0 bridgehead atoms. The molecule has 0 saturated heterocycles. The van der Waals surface area contributed by atoms with Crippen LogP contribution in [0.1, 0.15) is 24.9 Å². The number of aromatic amines is 1. The average molecular weight is 202 g/mol. The van der Waals surface area contributed by atoms with Gasteiger partial charge < -0.3 is 10.7 Å². The zero-order valence-corrected chi connectivity index (χ0v) is 8.66. The van der Waals surface area contributed by atoms with Crippen LogP contribution in [0.3, 0.4) is 0 Å². The van der Waals surface area contributed by atoms with Crippen molar-refractivity contribution in [1.29, 1.82) is 0 Å². The number of rotatable bonds is 3. The van der Waals surface area contributed by atoms with Crippen LogP contribution in [0.5, 0.6) is 0 Å². The fourth-order valence-electron chi connectivity index (χ4n) is 1.82. The largest absolute Gasteiger partial charge is 0.361 e. The third-order valence-electron chi connectivity index (χ3n) is 2.53. The zero-order valence-electron chi connectivity index (χ0n) is 8.66. The Morgan fingerprint density at radius 3 is 2.93 bits per heavy atom. The van der Waals surface area contributed by atoms with Crippen LogP contribution in [0, 0.1) is 0 Å². The first-order valence-corrected chi connectivity index (χ1v) is 4.99. The van der Waals surface area contributed by atoms with Crippen molar-refractivity contribution in [2.75, 3.05) is 0 Å². The summed E-state index contributed by atoms with van der Waals surface area (Å²) >= 11 is 0. The number of ketones is 1. The number of nitrogens with two attached hydrogens (primary N) is 1. The highest BCUT2D eigenvalue weighted by Crippen LogP contribution is 2.24. The van der Waals surface area contributed by atoms with E-state index in [1.165, 1.54) is 0 Å². The van der Waals surface area contributed by atoms with Crippen molar-refractivity contribution in [1.82, 2.24) is 4.98 Å². The molecule has 3 N–H and O–H groups in total. The molecule has 3 nitrogen and oxygen atoms in total. The van der Waals surface area contributed by atoms with Gasteiger partial charge in [0.15, 0.2) is 0 Å². The number of Topliss-reactive ketones (excluding diaryl/α,β-unsaturated/α-hetero) is 1. The topological polar surface area (TPSA) is 58.9 Å². The van der Waals surface area contributed by atoms with Gasteiger partial charge in [-0.2, -0.15) is 0 Å². The monoisotopic (exact) mass is 202 g/mol. The van der Waals surface area contributed by atoms with Crippen LogP contribution < -0.4 is 5.73 Å². The lowest BCUT2D eigenvalue weighted by Crippen LogP contribution is -2.13. The molecular formula is C12H14N2O. The fourth-order valence-corrected chi connectivity index (χ4v) is 1.82. The molecule has 1 aromatic heterocycles. The number of hydrogen-bond donors (Lipinski definition) is 2. The molecule has 0 radical (unpaired) electrons. The second-order valence-corrected chi connectivity index (χ2v) is 3.80. The van der Waals surface area contributed by atoms with Gasteiger partial charge >= 0.3 is 0 Å². The summed E-state index contributed by atoms with van der Waals surface area (Å²) in [7, 11) is 0. The molecule has 0 saturated carbocycles. The molecule has 3 heteroatoms. The van der Waals surface area contributed by atoms with Crippen molar-refractivity contribution >= 4 is 16.7 Å². The van der Waals surface area contributed by atoms with E-state index in [1.807, 2.05) is 30.5 Å². The van der Waals surface area contributed by atoms with Gasteiger partial charge in [0, 0.05) is 29.6 Å². The van der Waals surface area contributed by atoms with Gasteiger partial charge in [0.05, 0.1) is 0 Å². The molecule has 1 unspecified atom stereocenters. The van der Waals surface area contributed by atoms with Gasteiger partial charge in [0.1, 0.15) is 5.78 Å². The van der Waals surface area contributed by atoms with Crippen LogP contribution >= 0.6 is 0 Å². The zero-order chi connectivity index (χ0) is 10.8. The van der Waals surface area contributed by atoms with Crippen LogP contribution in [0.25, 0.3) is 10.9 Å². The van der Waals surface area contributed by atoms with E-state index in [9.17, 15) is 4.79 Å². The minimum absolute atomic E-state index is 0.118. The highest BCUT2D eigenvalue weighted by Gasteiger charge is 2.12. The van der Waals surface area contributed by atoms with Crippen LogP contribution in [-0.4, -0.2) is 10.8 Å². The number of benzene rings is 1. The predicted octanol–water partition coefficient (Wildman–Crippen LogP) is 2.15. The first-order chi connectivity index (χ1) is 7.18. The van der Waals surface area contributed by atoms with E-state index in [4.69, 9.17) is 5.73 Å². The molecular weight excluding hydrogens is 188 g/mol. The maximum absolute atomic E-state index is 11.0. The van der Waals surface area contributed by atoms with Crippen molar-refractivity contribution in [3.63, 3.8) is 0 Å². The average Bonchev–Trinajstić information content (AvgIpc) is 2.59. The highest BCUT2D eigenvalue weighted by molar-refractivity contribution is 5.84. The third kappa shape index (κ3) is 1.92. The standard InChI is InChI=1S/C12H14N2O/c1-8(15)6-11(13)10-7-14-12-5-3-2-4-9(10)12/h2-5,7,11,14H,6,13H2,1H3. The first kappa shape index (κ1) is 9.93. The Kier molecular flexibility index (Phi) is 2.56. The van der Waals surface area contributed by atoms with Crippen molar-refractivity contribution in [3.05, 3.63) is 36.0 Å². The third-order valence-corrected chi connectivity index (χ3v) is 2.53. The number of para-hydroxylation sites is 1. The van der Waals surface area contributed by atoms with Gasteiger partial charge in [-0.1, -0.05) is 18.2 Å². The highest BCUT2D eigenvalue weighted by atomic mass is 16.1. The Morgan fingerprint density at radius 1 is 1.47 bits per heavy atom. The van der Waals surface area contributed by atoms with E-state index in [1.54, 1.807) is 6.92 Å². The van der Waals surface area contributed by atoms with E-state index in [0.29, 0.717) is 6.42 Å². The molecule has 0 spiro atoms. The summed E-state index contributed by atoms with van der Waals surface area (Å²) in [5.41, 5.74) is 8.04. The molecule has 15 heavy (non-hydrogen) atoms. The minimum atomic E-state index is -0.210. The number of H-pyrrole nitrogens is 1. The summed E-state index contributed by atoms with van der Waals surface area (Å²) in [6.45, 7) is 1.56. The Bertz CT molecular complexity index is 487. The summed E-state index contributed by atoms with van der Waals surface area (Å²) in [5.74, 6) is 0.118. The Balaban J connectivity index is 2.39. The Hall–Kier alpha value is -1.61. The second-order valence-electron chi connectivity index (χ2n) is 3.80. The molecule has 0 aliphatic carbocycles. The van der Waals surface area contributed by atoms with E-state index < -0.39 is 0 Å². The predicted molar refractivity (Wildman–Crippen MR) is 60.5 cm³/mol. The molecule has 0 fully saturated rings. The number of hydrogen-bond acceptors (Lipinski definition) is 2. The first-order valence-electron chi connectivity index (χ1n) is 4.99. The second kappa shape index (κ2) is 3.87. The number of carbonyl (C=O) groups excluding carboxylic acids is 1. The van der Waals surface area contributed by atoms with Crippen LogP contribution in [0.4, 0.5) is 0 Å². The molecule has 2 aromatic rings. The lowest BCUT2D eigenvalue weighted by molar-refractivity contribution is -0.117. The van der Waals surface area contributed by atoms with E-state index >= 15 is 0 Å². The summed E-state index contributed by atoms with van der Waals surface area (Å²) in [6.07, 6.45) is 2.28. The van der Waals surface area contributed by atoms with E-state index in [0.717, 1.165) is 16.5 Å². The number of aromatic nitrogens is 1. The van der Waals surface area contributed by atoms with Crippen LogP contribution in [0.2, 0.25) is 0 Å². The smallest absolute Gasteiger partial charge is 0.131 e. The van der Waals surface area contributed by atoms with Gasteiger partial charge in [-0.15, -0.1) is 0 Å². The number of fused-ring (bicyclic) bond motifs is 1. The fraction of sp³-hybridized carbons (Fsp3) is 0.250. The molecule has 1 atom stereocenters. The quantitative estimate of drug-likeness (QED) is 0.801. The lowest BCUT2D eigenvalue weighted by atomic mass is 10.0. The molecule has 2 rings (SSSR count). The number of nitrogens with one attached hydrogen (secondary N) is 1. The molecule has 78 valence electrons. The van der Waals surface area contributed by atoms with Crippen LogP contribution in [-0.2, 0) is 4.79 Å². The van der Waals surface area contributed by atoms with Gasteiger partial charge in [0.2, 0.25) is 0 Å². The molecule has 0 amide bonds. The maximum atomic E-state index is 11.0. The van der Waals surface area contributed by atoms with Crippen molar-refractivity contribution < 1.29 is 4.79 Å². The normalized spacial score (nSPS) is 12.9. The lowest BCUT2D eigenvalue weighted by Gasteiger charge is -2.07. The van der Waals surface area contributed by atoms with Gasteiger partial charge in [-0.25, -0.2) is 0 Å². The van der Waals surface area contributed by atoms with E-state index in [2.05, 4.69) is 4.98 Å². The number of carbonyl (C=O) groups is 1.